The molecule has 0 unspecified atom stereocenters. The molecule has 0 aliphatic carbocycles. The lowest BCUT2D eigenvalue weighted by Crippen LogP contribution is -2.52. The smallest absolute Gasteiger partial charge is 0.305 e. The fourth-order valence-corrected chi connectivity index (χ4v) is 3.72. The number of benzene rings is 1. The minimum Gasteiger partial charge on any atom is -0.459 e. The maximum Gasteiger partial charge on any atom is 0.305 e. The quantitative estimate of drug-likeness (QED) is 0.559. The summed E-state index contributed by atoms with van der Waals surface area (Å²) in [5.74, 6) is -1.52. The molecule has 2 aromatic rings. The van der Waals surface area contributed by atoms with E-state index in [0.717, 1.165) is 24.3 Å². The third-order valence-electron chi connectivity index (χ3n) is 3.39. The van der Waals surface area contributed by atoms with Crippen molar-refractivity contribution in [2.45, 2.75) is 17.4 Å². The van der Waals surface area contributed by atoms with Crippen LogP contribution in [0.4, 0.5) is 4.39 Å². The van der Waals surface area contributed by atoms with Crippen molar-refractivity contribution in [2.24, 2.45) is 0 Å². The Hall–Kier alpha value is -2.37. The van der Waals surface area contributed by atoms with E-state index in [9.17, 15) is 22.4 Å². The standard InChI is InChI=1S/C16H18FN3O5S2/c1-26-10-8-13(15(21)18-19-16(22)14-3-2-9-25-14)20-27(23,24)12-6-4-11(17)5-7-12/h2-7,9,13,20H,8,10H2,1H3,(H,18,21)(H,19,22)/t13-/m1/s1. The van der Waals surface area contributed by atoms with E-state index in [-0.39, 0.29) is 17.1 Å². The Morgan fingerprint density at radius 2 is 1.89 bits per heavy atom. The van der Waals surface area contributed by atoms with Crippen LogP contribution < -0.4 is 15.6 Å². The zero-order valence-electron chi connectivity index (χ0n) is 14.3. The van der Waals surface area contributed by atoms with Crippen LogP contribution in [0.15, 0.2) is 52.0 Å². The number of thioether (sulfide) groups is 1. The van der Waals surface area contributed by atoms with Crippen molar-refractivity contribution in [1.82, 2.24) is 15.6 Å². The molecule has 0 saturated heterocycles. The van der Waals surface area contributed by atoms with Crippen LogP contribution in [-0.2, 0) is 14.8 Å². The molecule has 0 radical (unpaired) electrons. The number of furan rings is 1. The van der Waals surface area contributed by atoms with Gasteiger partial charge in [0.2, 0.25) is 10.0 Å². The summed E-state index contributed by atoms with van der Waals surface area (Å²) in [6, 6.07) is 5.99. The number of halogens is 1. The van der Waals surface area contributed by atoms with Gasteiger partial charge in [-0.25, -0.2) is 12.8 Å². The van der Waals surface area contributed by atoms with Crippen LogP contribution in [-0.4, -0.2) is 38.3 Å². The molecule has 8 nitrogen and oxygen atoms in total. The summed E-state index contributed by atoms with van der Waals surface area (Å²) in [7, 11) is -4.05. The average molecular weight is 415 g/mol. The van der Waals surface area contributed by atoms with E-state index in [0.29, 0.717) is 5.75 Å². The number of hydrogen-bond acceptors (Lipinski definition) is 6. The number of amides is 2. The van der Waals surface area contributed by atoms with Gasteiger partial charge in [0, 0.05) is 0 Å². The molecule has 0 bridgehead atoms. The zero-order chi connectivity index (χ0) is 19.9. The minimum atomic E-state index is -4.05. The van der Waals surface area contributed by atoms with Crippen LogP contribution in [0.1, 0.15) is 17.0 Å². The van der Waals surface area contributed by atoms with Gasteiger partial charge in [0.05, 0.1) is 11.2 Å². The summed E-state index contributed by atoms with van der Waals surface area (Å²) in [5, 5.41) is 0. The van der Waals surface area contributed by atoms with E-state index in [4.69, 9.17) is 4.42 Å². The van der Waals surface area contributed by atoms with Crippen LogP contribution in [0.25, 0.3) is 0 Å². The van der Waals surface area contributed by atoms with Crippen molar-refractivity contribution in [2.75, 3.05) is 12.0 Å². The van der Waals surface area contributed by atoms with Gasteiger partial charge in [-0.1, -0.05) is 0 Å². The van der Waals surface area contributed by atoms with Crippen molar-refractivity contribution >= 4 is 33.6 Å². The molecular weight excluding hydrogens is 397 g/mol. The molecule has 3 N–H and O–H groups in total. The number of hydrazine groups is 1. The van der Waals surface area contributed by atoms with Crippen molar-refractivity contribution in [3.05, 3.63) is 54.2 Å². The van der Waals surface area contributed by atoms with E-state index in [1.807, 2.05) is 6.26 Å². The average Bonchev–Trinajstić information content (AvgIpc) is 3.18. The van der Waals surface area contributed by atoms with Gasteiger partial charge in [-0.3, -0.25) is 20.4 Å². The molecule has 0 saturated carbocycles. The highest BCUT2D eigenvalue weighted by atomic mass is 32.2. The summed E-state index contributed by atoms with van der Waals surface area (Å²) in [6.07, 6.45) is 3.29. The van der Waals surface area contributed by atoms with Crippen LogP contribution in [0.2, 0.25) is 0 Å². The summed E-state index contributed by atoms with van der Waals surface area (Å²) < 4.78 is 45.0. The number of carbonyl (C=O) groups is 2. The highest BCUT2D eigenvalue weighted by molar-refractivity contribution is 7.98. The lowest BCUT2D eigenvalue weighted by molar-refractivity contribution is -0.123. The number of sulfonamides is 1. The number of hydrogen-bond donors (Lipinski definition) is 3. The molecule has 2 rings (SSSR count). The van der Waals surface area contributed by atoms with Gasteiger partial charge in [-0.15, -0.1) is 0 Å². The molecule has 0 fully saturated rings. The Bertz CT molecular complexity index is 870. The first-order chi connectivity index (χ1) is 12.8. The SMILES string of the molecule is CSCC[C@@H](NS(=O)(=O)c1ccc(F)cc1)C(=O)NNC(=O)c1ccco1. The molecular formula is C16H18FN3O5S2. The van der Waals surface area contributed by atoms with E-state index >= 15 is 0 Å². The lowest BCUT2D eigenvalue weighted by Gasteiger charge is -2.18. The lowest BCUT2D eigenvalue weighted by atomic mass is 10.2. The first kappa shape index (κ1) is 20.9. The molecule has 27 heavy (non-hydrogen) atoms. The third kappa shape index (κ3) is 6.08. The van der Waals surface area contributed by atoms with Gasteiger partial charge < -0.3 is 4.42 Å². The second-order valence-corrected chi connectivity index (χ2v) is 8.03. The Balaban J connectivity index is 2.05. The predicted molar refractivity (Wildman–Crippen MR) is 97.8 cm³/mol. The van der Waals surface area contributed by atoms with Gasteiger partial charge in [-0.05, 0) is 54.8 Å². The van der Waals surface area contributed by atoms with E-state index in [1.54, 1.807) is 0 Å². The van der Waals surface area contributed by atoms with Gasteiger partial charge in [0.15, 0.2) is 5.76 Å². The van der Waals surface area contributed by atoms with Gasteiger partial charge in [0.1, 0.15) is 11.9 Å². The number of carbonyl (C=O) groups excluding carboxylic acids is 2. The molecule has 1 heterocycles. The van der Waals surface area contributed by atoms with E-state index < -0.39 is 33.7 Å². The fraction of sp³-hybridized carbons (Fsp3) is 0.250. The van der Waals surface area contributed by atoms with Crippen molar-refractivity contribution < 1.29 is 26.8 Å². The highest BCUT2D eigenvalue weighted by Gasteiger charge is 2.26. The largest absolute Gasteiger partial charge is 0.459 e. The van der Waals surface area contributed by atoms with Gasteiger partial charge >= 0.3 is 5.91 Å². The number of nitrogens with one attached hydrogen (secondary N) is 3. The van der Waals surface area contributed by atoms with Crippen LogP contribution >= 0.6 is 11.8 Å². The molecule has 2 amide bonds. The first-order valence-corrected chi connectivity index (χ1v) is 10.6. The van der Waals surface area contributed by atoms with E-state index in [2.05, 4.69) is 15.6 Å². The maximum absolute atomic E-state index is 13.0. The molecule has 1 atom stereocenters. The summed E-state index contributed by atoms with van der Waals surface area (Å²) in [6.45, 7) is 0. The van der Waals surface area contributed by atoms with Crippen LogP contribution in [0, 0.1) is 5.82 Å². The second kappa shape index (κ2) is 9.53. The summed E-state index contributed by atoms with van der Waals surface area (Å²) in [4.78, 5) is 23.9. The maximum atomic E-state index is 13.0. The molecule has 146 valence electrons. The molecule has 1 aromatic heterocycles. The second-order valence-electron chi connectivity index (χ2n) is 5.33. The normalized spacial score (nSPS) is 12.4. The molecule has 11 heteroatoms. The van der Waals surface area contributed by atoms with Gasteiger partial charge in [0.25, 0.3) is 5.91 Å². The highest BCUT2D eigenvalue weighted by Crippen LogP contribution is 2.12. The van der Waals surface area contributed by atoms with Crippen molar-refractivity contribution in [1.29, 1.82) is 0 Å². The van der Waals surface area contributed by atoms with E-state index in [1.165, 1.54) is 30.2 Å². The molecule has 0 aliphatic rings. The third-order valence-corrected chi connectivity index (χ3v) is 5.52. The summed E-state index contributed by atoms with van der Waals surface area (Å²) in [5.41, 5.74) is 4.32. The van der Waals surface area contributed by atoms with Crippen molar-refractivity contribution in [3.63, 3.8) is 0 Å². The first-order valence-electron chi connectivity index (χ1n) is 7.74. The van der Waals surface area contributed by atoms with Gasteiger partial charge in [-0.2, -0.15) is 16.5 Å². The summed E-state index contributed by atoms with van der Waals surface area (Å²) >= 11 is 1.43. The Morgan fingerprint density at radius 3 is 2.48 bits per heavy atom. The van der Waals surface area contributed by atoms with Crippen molar-refractivity contribution in [3.8, 4) is 0 Å². The van der Waals surface area contributed by atoms with Crippen LogP contribution in [0.3, 0.4) is 0 Å². The predicted octanol–water partition coefficient (Wildman–Crippen LogP) is 1.28. The topological polar surface area (TPSA) is 118 Å². The Kier molecular flexibility index (Phi) is 7.39. The Morgan fingerprint density at radius 1 is 1.19 bits per heavy atom. The minimum absolute atomic E-state index is 0.0112. The fourth-order valence-electron chi connectivity index (χ4n) is 2.02. The Labute approximate surface area is 159 Å². The van der Waals surface area contributed by atoms with Crippen LogP contribution in [0.5, 0.6) is 0 Å². The number of rotatable bonds is 8. The molecule has 0 spiro atoms. The zero-order valence-corrected chi connectivity index (χ0v) is 15.9. The monoisotopic (exact) mass is 415 g/mol. The molecule has 1 aromatic carbocycles. The molecule has 0 aliphatic heterocycles.